The fourth-order valence-electron chi connectivity index (χ4n) is 2.07. The Labute approximate surface area is 92.8 Å². The third-order valence-electron chi connectivity index (χ3n) is 3.12. The van der Waals surface area contributed by atoms with Crippen LogP contribution in [0.1, 0.15) is 19.3 Å². The highest BCUT2D eigenvalue weighted by Crippen LogP contribution is 2.19. The first-order valence-corrected chi connectivity index (χ1v) is 7.12. The van der Waals surface area contributed by atoms with Crippen molar-refractivity contribution >= 4 is 11.8 Å². The molecule has 3 heteroatoms. The molecule has 14 heavy (non-hydrogen) atoms. The zero-order chi connectivity index (χ0) is 10.2. The smallest absolute Gasteiger partial charge is 0.00722 e. The van der Waals surface area contributed by atoms with Gasteiger partial charge in [-0.3, -0.25) is 0 Å². The maximum absolute atomic E-state index is 3.24. The fraction of sp³-hybridized carbons (Fsp3) is 1.00. The largest absolute Gasteiger partial charge is 0.320 e. The average Bonchev–Trinajstić information content (AvgIpc) is 2.25. The predicted molar refractivity (Wildman–Crippen MR) is 66.1 cm³/mol. The minimum absolute atomic E-state index is 0.980. The minimum Gasteiger partial charge on any atom is -0.320 e. The second-order valence-corrected chi connectivity index (χ2v) is 5.16. The summed E-state index contributed by atoms with van der Waals surface area (Å²) in [5.74, 6) is 2.27. The van der Waals surface area contributed by atoms with Crippen LogP contribution in [0.15, 0.2) is 0 Å². The van der Waals surface area contributed by atoms with Gasteiger partial charge in [-0.25, -0.2) is 0 Å². The fourth-order valence-corrected chi connectivity index (χ4v) is 2.51. The van der Waals surface area contributed by atoms with Crippen LogP contribution in [0, 0.1) is 5.92 Å². The minimum atomic E-state index is 0.980. The van der Waals surface area contributed by atoms with Crippen molar-refractivity contribution in [1.29, 1.82) is 0 Å². The van der Waals surface area contributed by atoms with Crippen LogP contribution in [0.2, 0.25) is 0 Å². The molecule has 1 saturated heterocycles. The van der Waals surface area contributed by atoms with Crippen molar-refractivity contribution in [1.82, 2.24) is 10.2 Å². The summed E-state index contributed by atoms with van der Waals surface area (Å²) in [6.45, 7) is 5.14. The Morgan fingerprint density at radius 1 is 1.36 bits per heavy atom. The predicted octanol–water partition coefficient (Wildman–Crippen LogP) is 1.67. The van der Waals surface area contributed by atoms with Crippen LogP contribution in [-0.4, -0.2) is 50.1 Å². The first-order valence-electron chi connectivity index (χ1n) is 5.72. The molecule has 0 saturated carbocycles. The van der Waals surface area contributed by atoms with E-state index in [-0.39, 0.29) is 0 Å². The highest BCUT2D eigenvalue weighted by molar-refractivity contribution is 7.98. The lowest BCUT2D eigenvalue weighted by molar-refractivity contribution is 0.188. The van der Waals surface area contributed by atoms with Gasteiger partial charge in [0.15, 0.2) is 0 Å². The standard InChI is InChI=1S/C11H24N2S/c1-12-6-3-11-4-7-13(8-5-11)9-10-14-2/h11-12H,3-10H2,1-2H3. The molecule has 1 fully saturated rings. The Morgan fingerprint density at radius 2 is 2.07 bits per heavy atom. The number of nitrogens with zero attached hydrogens (tertiary/aromatic N) is 1. The molecule has 0 spiro atoms. The van der Waals surface area contributed by atoms with Gasteiger partial charge < -0.3 is 10.2 Å². The molecule has 84 valence electrons. The Balaban J connectivity index is 2.05. The summed E-state index contributed by atoms with van der Waals surface area (Å²) in [5, 5.41) is 3.24. The van der Waals surface area contributed by atoms with Gasteiger partial charge in [-0.2, -0.15) is 11.8 Å². The van der Waals surface area contributed by atoms with Crippen molar-refractivity contribution in [2.45, 2.75) is 19.3 Å². The van der Waals surface area contributed by atoms with Gasteiger partial charge in [-0.05, 0) is 58.1 Å². The summed E-state index contributed by atoms with van der Waals surface area (Å²) in [7, 11) is 2.05. The van der Waals surface area contributed by atoms with Crippen LogP contribution in [0.3, 0.4) is 0 Å². The summed E-state index contributed by atoms with van der Waals surface area (Å²) >= 11 is 1.96. The van der Waals surface area contributed by atoms with Crippen molar-refractivity contribution in [3.05, 3.63) is 0 Å². The number of hydrogen-bond donors (Lipinski definition) is 1. The third kappa shape index (κ3) is 4.67. The van der Waals surface area contributed by atoms with E-state index in [0.29, 0.717) is 0 Å². The van der Waals surface area contributed by atoms with Crippen LogP contribution in [0.5, 0.6) is 0 Å². The van der Waals surface area contributed by atoms with Crippen molar-refractivity contribution in [3.8, 4) is 0 Å². The van der Waals surface area contributed by atoms with Gasteiger partial charge in [-0.1, -0.05) is 0 Å². The van der Waals surface area contributed by atoms with E-state index in [1.807, 2.05) is 18.8 Å². The Bertz CT molecular complexity index is 117. The van der Waals surface area contributed by atoms with E-state index < -0.39 is 0 Å². The molecule has 0 aromatic carbocycles. The lowest BCUT2D eigenvalue weighted by atomic mass is 9.94. The van der Waals surface area contributed by atoms with Crippen molar-refractivity contribution < 1.29 is 0 Å². The van der Waals surface area contributed by atoms with Crippen molar-refractivity contribution in [2.75, 3.05) is 45.2 Å². The van der Waals surface area contributed by atoms with Crippen LogP contribution >= 0.6 is 11.8 Å². The maximum Gasteiger partial charge on any atom is 0.00722 e. The zero-order valence-electron chi connectivity index (χ0n) is 9.59. The summed E-state index contributed by atoms with van der Waals surface area (Å²) in [6.07, 6.45) is 6.39. The Hall–Kier alpha value is 0.270. The number of thioether (sulfide) groups is 1. The van der Waals surface area contributed by atoms with E-state index in [2.05, 4.69) is 16.5 Å². The number of hydrogen-bond acceptors (Lipinski definition) is 3. The van der Waals surface area contributed by atoms with Crippen LogP contribution in [0.25, 0.3) is 0 Å². The molecular weight excluding hydrogens is 192 g/mol. The van der Waals surface area contributed by atoms with E-state index >= 15 is 0 Å². The Kier molecular flexibility index (Phi) is 6.65. The second kappa shape index (κ2) is 7.55. The molecule has 1 rings (SSSR count). The lowest BCUT2D eigenvalue weighted by Crippen LogP contribution is -2.35. The molecule has 0 radical (unpaired) electrons. The quantitative estimate of drug-likeness (QED) is 0.727. The molecule has 0 aliphatic carbocycles. The molecule has 0 atom stereocenters. The average molecular weight is 216 g/mol. The Morgan fingerprint density at radius 3 is 2.64 bits per heavy atom. The molecule has 1 aliphatic rings. The summed E-state index contributed by atoms with van der Waals surface area (Å²) in [6, 6.07) is 0. The molecule has 0 unspecified atom stereocenters. The first kappa shape index (κ1) is 12.3. The van der Waals surface area contributed by atoms with Gasteiger partial charge in [0, 0.05) is 12.3 Å². The molecule has 1 N–H and O–H groups in total. The van der Waals surface area contributed by atoms with Crippen molar-refractivity contribution in [3.63, 3.8) is 0 Å². The van der Waals surface area contributed by atoms with Gasteiger partial charge >= 0.3 is 0 Å². The van der Waals surface area contributed by atoms with E-state index in [1.54, 1.807) is 0 Å². The van der Waals surface area contributed by atoms with E-state index in [9.17, 15) is 0 Å². The first-order chi connectivity index (χ1) is 6.86. The monoisotopic (exact) mass is 216 g/mol. The van der Waals surface area contributed by atoms with Crippen LogP contribution in [0.4, 0.5) is 0 Å². The third-order valence-corrected chi connectivity index (χ3v) is 3.71. The van der Waals surface area contributed by atoms with Gasteiger partial charge in [0.1, 0.15) is 0 Å². The van der Waals surface area contributed by atoms with E-state index in [0.717, 1.165) is 5.92 Å². The zero-order valence-corrected chi connectivity index (χ0v) is 10.4. The number of rotatable bonds is 6. The van der Waals surface area contributed by atoms with E-state index in [1.165, 1.54) is 51.2 Å². The highest BCUT2D eigenvalue weighted by atomic mass is 32.2. The van der Waals surface area contributed by atoms with E-state index in [4.69, 9.17) is 0 Å². The van der Waals surface area contributed by atoms with Gasteiger partial charge in [0.25, 0.3) is 0 Å². The molecule has 1 heterocycles. The molecule has 1 aliphatic heterocycles. The molecule has 0 bridgehead atoms. The maximum atomic E-state index is 3.24. The highest BCUT2D eigenvalue weighted by Gasteiger charge is 2.17. The van der Waals surface area contributed by atoms with Gasteiger partial charge in [0.05, 0.1) is 0 Å². The number of piperidine rings is 1. The van der Waals surface area contributed by atoms with Crippen molar-refractivity contribution in [2.24, 2.45) is 5.92 Å². The summed E-state index contributed by atoms with van der Waals surface area (Å²) < 4.78 is 0. The molecule has 0 aromatic heterocycles. The molecule has 0 amide bonds. The van der Waals surface area contributed by atoms with Crippen LogP contribution in [-0.2, 0) is 0 Å². The molecule has 0 aromatic rings. The number of nitrogens with one attached hydrogen (secondary N) is 1. The SMILES string of the molecule is CNCCC1CCN(CCSC)CC1. The molecule has 2 nitrogen and oxygen atoms in total. The second-order valence-electron chi connectivity index (χ2n) is 4.17. The normalized spacial score (nSPS) is 20.1. The topological polar surface area (TPSA) is 15.3 Å². The molecular formula is C11H24N2S. The number of likely N-dealkylation sites (tertiary alicyclic amines) is 1. The van der Waals surface area contributed by atoms with Gasteiger partial charge in [-0.15, -0.1) is 0 Å². The summed E-state index contributed by atoms with van der Waals surface area (Å²) in [5.41, 5.74) is 0. The summed E-state index contributed by atoms with van der Waals surface area (Å²) in [4.78, 5) is 2.62. The van der Waals surface area contributed by atoms with Gasteiger partial charge in [0.2, 0.25) is 0 Å². The van der Waals surface area contributed by atoms with Crippen LogP contribution < -0.4 is 5.32 Å². The lowest BCUT2D eigenvalue weighted by Gasteiger charge is -2.31.